The van der Waals surface area contributed by atoms with Crippen molar-refractivity contribution in [3.05, 3.63) is 52.5 Å². The van der Waals surface area contributed by atoms with Gasteiger partial charge >= 0.3 is 6.01 Å². The lowest BCUT2D eigenvalue weighted by atomic mass is 9.93. The van der Waals surface area contributed by atoms with Crippen LogP contribution in [0.3, 0.4) is 0 Å². The van der Waals surface area contributed by atoms with E-state index < -0.39 is 42.8 Å². The van der Waals surface area contributed by atoms with Crippen molar-refractivity contribution >= 4 is 27.5 Å². The third-order valence-corrected chi connectivity index (χ3v) is 7.96. The van der Waals surface area contributed by atoms with Crippen LogP contribution in [-0.2, 0) is 0 Å². The fourth-order valence-electron chi connectivity index (χ4n) is 5.93. The number of hydrogen-bond donors (Lipinski definition) is 2. The monoisotopic (exact) mass is 554 g/mol. The number of piperidine rings is 2. The molecule has 0 saturated carbocycles. The molecule has 4 aliphatic heterocycles. The first-order chi connectivity index (χ1) is 21.3. The minimum Gasteiger partial charge on any atom is -0.508 e. The third kappa shape index (κ3) is 4.13. The van der Waals surface area contributed by atoms with Crippen LogP contribution in [0.2, 0.25) is 0 Å². The Kier molecular flexibility index (Phi) is 4.83. The third-order valence-electron chi connectivity index (χ3n) is 7.96. The molecule has 0 radical (unpaired) electrons. The van der Waals surface area contributed by atoms with Gasteiger partial charge in [0.25, 0.3) is 5.56 Å². The van der Waals surface area contributed by atoms with E-state index in [1.165, 1.54) is 18.3 Å². The Bertz CT molecular complexity index is 1880. The second-order valence-electron chi connectivity index (χ2n) is 10.4. The highest BCUT2D eigenvalue weighted by atomic mass is 19.2. The van der Waals surface area contributed by atoms with Crippen LogP contribution < -0.4 is 20.5 Å². The molecule has 4 aromatic rings. The fraction of sp³-hybridized carbons (Fsp3) is 0.429. The fourth-order valence-corrected chi connectivity index (χ4v) is 5.93. The molecule has 2 bridgehead atoms. The van der Waals surface area contributed by atoms with Crippen LogP contribution in [0.5, 0.6) is 11.8 Å². The smallest absolute Gasteiger partial charge is 0.319 e. The number of fused-ring (bicyclic) bond motifs is 5. The lowest BCUT2D eigenvalue weighted by molar-refractivity contribution is 0.188. The van der Waals surface area contributed by atoms with Gasteiger partial charge in [-0.05, 0) is 56.7 Å². The van der Waals surface area contributed by atoms with Crippen molar-refractivity contribution in [2.24, 2.45) is 0 Å². The molecule has 3 atom stereocenters. The van der Waals surface area contributed by atoms with Gasteiger partial charge in [0.2, 0.25) is 0 Å². The van der Waals surface area contributed by atoms with Gasteiger partial charge < -0.3 is 25.0 Å². The van der Waals surface area contributed by atoms with E-state index in [9.17, 15) is 14.3 Å². The zero-order valence-corrected chi connectivity index (χ0v) is 21.3. The van der Waals surface area contributed by atoms with Gasteiger partial charge in [0, 0.05) is 46.8 Å². The van der Waals surface area contributed by atoms with Crippen molar-refractivity contribution in [1.29, 1.82) is 0 Å². The molecular weight excluding hydrogens is 520 g/mol. The maximum atomic E-state index is 15.1. The topological polar surface area (TPSA) is 109 Å². The van der Waals surface area contributed by atoms with Crippen molar-refractivity contribution in [2.75, 3.05) is 38.1 Å². The normalized spacial score (nSPS) is 25.5. The molecule has 40 heavy (non-hydrogen) atoms. The van der Waals surface area contributed by atoms with E-state index in [0.29, 0.717) is 19.5 Å². The highest BCUT2D eigenvalue weighted by Gasteiger charge is 2.36. The molecule has 2 aromatic heterocycles. The lowest BCUT2D eigenvalue weighted by Crippen LogP contribution is -2.61. The van der Waals surface area contributed by atoms with Crippen LogP contribution in [0.15, 0.2) is 35.3 Å². The predicted molar refractivity (Wildman–Crippen MR) is 145 cm³/mol. The summed E-state index contributed by atoms with van der Waals surface area (Å²) in [7, 11) is 0. The van der Waals surface area contributed by atoms with Gasteiger partial charge in [0.15, 0.2) is 11.6 Å². The average Bonchev–Trinajstić information content (AvgIpc) is 3.52. The summed E-state index contributed by atoms with van der Waals surface area (Å²) in [5.74, 6) is -2.41. The van der Waals surface area contributed by atoms with Gasteiger partial charge in [-0.25, -0.2) is 8.78 Å². The maximum absolute atomic E-state index is 15.1. The Morgan fingerprint density at radius 3 is 2.92 bits per heavy atom. The second-order valence-corrected chi connectivity index (χ2v) is 10.4. The van der Waals surface area contributed by atoms with E-state index in [1.54, 1.807) is 0 Å². The van der Waals surface area contributed by atoms with Crippen molar-refractivity contribution in [3.8, 4) is 17.4 Å². The number of anilines is 1. The number of nitrogens with zero attached hydrogens (tertiary/aromatic N) is 6. The Morgan fingerprint density at radius 2 is 2.15 bits per heavy atom. The van der Waals surface area contributed by atoms with Crippen molar-refractivity contribution in [3.63, 3.8) is 0 Å². The standard InChI is InChI=1S/C28H29F2N7O3/c1-35-8-2-3-18(35)14-40-28-33-25-20(26(34-28)36-13-16-5-6-17(36)11-31-16)12-32-37(27(25)39)22-10-19(38)9-15-4-7-21(29)24(30)23(15)22/h4,7,9-10,12,16-18,31,38H,2-3,5-6,8,11,13-14H2,1H3/t16?,17?,18-/m0/s1/i1D3,14D2. The van der Waals surface area contributed by atoms with Crippen LogP contribution in [0.1, 0.15) is 32.5 Å². The molecule has 4 fully saturated rings. The van der Waals surface area contributed by atoms with E-state index in [0.717, 1.165) is 34.6 Å². The molecule has 4 saturated heterocycles. The molecular formula is C28H29F2N7O3. The number of rotatable bonds is 5. The minimum absolute atomic E-state index is 0.00751. The SMILES string of the molecule is [2H]C([2H])(Oc1nc(N2CC3CCC2CN3)c2cnn(-c3cc(O)cc4ccc(F)c(F)c34)c(=O)c2n1)[C@@H]1CCCN1C([2H])([2H])[2H]. The number of benzene rings is 2. The first-order valence-corrected chi connectivity index (χ1v) is 13.2. The summed E-state index contributed by atoms with van der Waals surface area (Å²) < 4.78 is 76.9. The highest BCUT2D eigenvalue weighted by molar-refractivity contribution is 5.93. The Hall–Kier alpha value is -3.90. The molecule has 12 heteroatoms. The number of halogens is 2. The number of phenolic OH excluding ortho intramolecular Hbond substituents is 1. The molecule has 2 unspecified atom stereocenters. The summed E-state index contributed by atoms with van der Waals surface area (Å²) >= 11 is 0. The summed E-state index contributed by atoms with van der Waals surface area (Å²) in [5.41, 5.74) is -1.34. The minimum atomic E-state index is -2.55. The van der Waals surface area contributed by atoms with Gasteiger partial charge in [0.1, 0.15) is 23.6 Å². The molecule has 0 amide bonds. The van der Waals surface area contributed by atoms with Gasteiger partial charge in [-0.15, -0.1) is 0 Å². The molecule has 8 rings (SSSR count). The molecule has 2 aromatic carbocycles. The van der Waals surface area contributed by atoms with E-state index in [-0.39, 0.29) is 64.0 Å². The molecule has 6 heterocycles. The molecule has 208 valence electrons. The van der Waals surface area contributed by atoms with Crippen LogP contribution in [0, 0.1) is 11.6 Å². The molecule has 0 spiro atoms. The molecule has 4 aliphatic rings. The summed E-state index contributed by atoms with van der Waals surface area (Å²) in [4.78, 5) is 26.0. The Morgan fingerprint density at radius 1 is 1.25 bits per heavy atom. The number of likely N-dealkylation sites (N-methyl/N-ethyl adjacent to an activating group) is 1. The summed E-state index contributed by atoms with van der Waals surface area (Å²) in [6.07, 6.45) is 3.78. The maximum Gasteiger partial charge on any atom is 0.319 e. The van der Waals surface area contributed by atoms with Gasteiger partial charge in [-0.3, -0.25) is 4.79 Å². The number of hydrogen-bond acceptors (Lipinski definition) is 9. The number of nitrogens with one attached hydrogen (secondary N) is 1. The van der Waals surface area contributed by atoms with Gasteiger partial charge in [-0.2, -0.15) is 19.7 Å². The number of ether oxygens (including phenoxy) is 1. The van der Waals surface area contributed by atoms with E-state index in [4.69, 9.17) is 11.6 Å². The first kappa shape index (κ1) is 20.0. The lowest BCUT2D eigenvalue weighted by Gasteiger charge is -2.46. The van der Waals surface area contributed by atoms with Crippen LogP contribution in [0.4, 0.5) is 14.6 Å². The summed E-state index contributed by atoms with van der Waals surface area (Å²) in [6, 6.07) is 3.04. The van der Waals surface area contributed by atoms with Gasteiger partial charge in [0.05, 0.1) is 20.0 Å². The van der Waals surface area contributed by atoms with E-state index in [2.05, 4.69) is 20.4 Å². The van der Waals surface area contributed by atoms with Gasteiger partial charge in [-0.1, -0.05) is 6.07 Å². The van der Waals surface area contributed by atoms with Crippen LogP contribution in [-0.4, -0.2) is 81.0 Å². The number of piperazine rings is 1. The molecule has 2 N–H and O–H groups in total. The first-order valence-electron chi connectivity index (χ1n) is 15.7. The predicted octanol–water partition coefficient (Wildman–Crippen LogP) is 2.73. The largest absolute Gasteiger partial charge is 0.508 e. The molecule has 0 aliphatic carbocycles. The van der Waals surface area contributed by atoms with Crippen molar-refractivity contribution < 1.29 is 25.5 Å². The number of likely N-dealkylation sites (tertiary alicyclic amines) is 1. The Labute approximate surface area is 235 Å². The quantitative estimate of drug-likeness (QED) is 0.385. The Balaban J connectivity index is 1.40. The van der Waals surface area contributed by atoms with E-state index >= 15 is 4.39 Å². The average molecular weight is 555 g/mol. The summed E-state index contributed by atoms with van der Waals surface area (Å²) in [6.45, 7) is -3.74. The zero-order chi connectivity index (χ0) is 31.8. The number of aromatic hydroxyl groups is 1. The van der Waals surface area contributed by atoms with E-state index in [1.807, 2.05) is 4.90 Å². The van der Waals surface area contributed by atoms with Crippen molar-refractivity contribution in [2.45, 2.75) is 43.8 Å². The number of phenols is 1. The second kappa shape index (κ2) is 9.63. The number of aromatic nitrogens is 4. The highest BCUT2D eigenvalue weighted by Crippen LogP contribution is 2.34. The zero-order valence-electron chi connectivity index (χ0n) is 26.3. The van der Waals surface area contributed by atoms with Crippen LogP contribution in [0.25, 0.3) is 27.4 Å². The van der Waals surface area contributed by atoms with Crippen molar-refractivity contribution in [1.82, 2.24) is 30.0 Å². The van der Waals surface area contributed by atoms with Crippen LogP contribution >= 0.6 is 0 Å². The molecule has 10 nitrogen and oxygen atoms in total. The summed E-state index contributed by atoms with van der Waals surface area (Å²) in [5, 5.41) is 18.1.